The molecule has 0 spiro atoms. The number of nitrogens with one attached hydrogen (secondary N) is 2. The first-order chi connectivity index (χ1) is 13.2. The number of ether oxygens (including phenoxy) is 1. The summed E-state index contributed by atoms with van der Waals surface area (Å²) < 4.78 is 61.1. The molecule has 3 aromatic rings. The third-order valence-corrected chi connectivity index (χ3v) is 4.33. The Balaban J connectivity index is 2.24. The fraction of sp³-hybridized carbons (Fsp3) is 0.158. The molecule has 0 saturated heterocycles. The molecule has 28 heavy (non-hydrogen) atoms. The highest BCUT2D eigenvalue weighted by molar-refractivity contribution is 6.01. The van der Waals surface area contributed by atoms with Crippen molar-refractivity contribution in [1.82, 2.24) is 10.3 Å². The van der Waals surface area contributed by atoms with Gasteiger partial charge in [0.1, 0.15) is 5.82 Å². The Labute approximate surface area is 156 Å². The van der Waals surface area contributed by atoms with Gasteiger partial charge in [0.05, 0.1) is 12.7 Å². The summed E-state index contributed by atoms with van der Waals surface area (Å²) in [6, 6.07) is 10.5. The van der Waals surface area contributed by atoms with E-state index in [1.165, 1.54) is 30.3 Å². The molecule has 1 amide bonds. The number of alkyl halides is 3. The highest BCUT2D eigenvalue weighted by Gasteiger charge is 2.65. The van der Waals surface area contributed by atoms with Crippen molar-refractivity contribution in [2.75, 3.05) is 7.11 Å². The lowest BCUT2D eigenvalue weighted by Gasteiger charge is -2.33. The molecule has 0 aliphatic rings. The van der Waals surface area contributed by atoms with Crippen molar-refractivity contribution >= 4 is 22.8 Å². The second-order valence-corrected chi connectivity index (χ2v) is 5.92. The first kappa shape index (κ1) is 19.4. The number of rotatable bonds is 4. The monoisotopic (exact) mass is 394 g/mol. The molecule has 5 nitrogen and oxygen atoms in total. The molecule has 0 radical (unpaired) electrons. The lowest BCUT2D eigenvalue weighted by molar-refractivity contribution is -0.212. The molecule has 3 rings (SSSR count). The van der Waals surface area contributed by atoms with Crippen LogP contribution < -0.4 is 5.32 Å². The highest BCUT2D eigenvalue weighted by atomic mass is 19.4. The summed E-state index contributed by atoms with van der Waals surface area (Å²) in [6.45, 7) is 0. The predicted molar refractivity (Wildman–Crippen MR) is 91.9 cm³/mol. The smallest absolute Gasteiger partial charge is 0.426 e. The van der Waals surface area contributed by atoms with Crippen LogP contribution in [0.2, 0.25) is 0 Å². The Morgan fingerprint density at radius 1 is 1.04 bits per heavy atom. The van der Waals surface area contributed by atoms with Gasteiger partial charge >= 0.3 is 12.1 Å². The normalized spacial score (nSPS) is 13.8. The first-order valence-electron chi connectivity index (χ1n) is 8.01. The van der Waals surface area contributed by atoms with Crippen LogP contribution in [-0.4, -0.2) is 30.1 Å². The van der Waals surface area contributed by atoms with E-state index in [2.05, 4.69) is 9.72 Å². The largest absolute Gasteiger partial charge is 0.467 e. The molecule has 0 bridgehead atoms. The van der Waals surface area contributed by atoms with Crippen molar-refractivity contribution in [1.29, 1.82) is 0 Å². The third kappa shape index (κ3) is 2.98. The Kier molecular flexibility index (Phi) is 4.84. The average Bonchev–Trinajstić information content (AvgIpc) is 3.09. The molecule has 146 valence electrons. The van der Waals surface area contributed by atoms with Gasteiger partial charge in [-0.15, -0.1) is 0 Å². The van der Waals surface area contributed by atoms with Crippen molar-refractivity contribution in [3.8, 4) is 0 Å². The van der Waals surface area contributed by atoms with Crippen LogP contribution in [-0.2, 0) is 15.1 Å². The van der Waals surface area contributed by atoms with Crippen molar-refractivity contribution in [3.05, 3.63) is 71.7 Å². The summed E-state index contributed by atoms with van der Waals surface area (Å²) in [7, 11) is 0.771. The van der Waals surface area contributed by atoms with Crippen LogP contribution >= 0.6 is 0 Å². The minimum atomic E-state index is -5.29. The van der Waals surface area contributed by atoms with Gasteiger partial charge in [-0.3, -0.25) is 4.79 Å². The summed E-state index contributed by atoms with van der Waals surface area (Å²) in [5, 5.41) is 1.73. The Hall–Kier alpha value is -3.36. The molecule has 0 fully saturated rings. The molecular weight excluding hydrogens is 380 g/mol. The van der Waals surface area contributed by atoms with E-state index in [1.54, 1.807) is 11.4 Å². The van der Waals surface area contributed by atoms with Gasteiger partial charge in [0.2, 0.25) is 0 Å². The van der Waals surface area contributed by atoms with E-state index >= 15 is 0 Å². The maximum absolute atomic E-state index is 14.3. The Bertz CT molecular complexity index is 1040. The van der Waals surface area contributed by atoms with Crippen LogP contribution in [0.4, 0.5) is 17.6 Å². The van der Waals surface area contributed by atoms with E-state index in [1.807, 2.05) is 0 Å². The Morgan fingerprint density at radius 3 is 2.32 bits per heavy atom. The third-order valence-electron chi connectivity index (χ3n) is 4.33. The molecule has 2 N–H and O–H groups in total. The van der Waals surface area contributed by atoms with E-state index in [0.29, 0.717) is 5.52 Å². The number of carbonyl (C=O) groups is 2. The molecule has 9 heteroatoms. The molecule has 1 heterocycles. The summed E-state index contributed by atoms with van der Waals surface area (Å²) in [5.41, 5.74) is -4.43. The molecular formula is C19H14F4N2O3. The number of H-pyrrole nitrogens is 1. The lowest BCUT2D eigenvalue weighted by Crippen LogP contribution is -2.61. The number of esters is 1. The quantitative estimate of drug-likeness (QED) is 0.524. The number of aromatic nitrogens is 1. The van der Waals surface area contributed by atoms with E-state index in [9.17, 15) is 27.2 Å². The van der Waals surface area contributed by atoms with Gasteiger partial charge in [0, 0.05) is 22.7 Å². The van der Waals surface area contributed by atoms with Crippen LogP contribution in [0.25, 0.3) is 10.9 Å². The fourth-order valence-electron chi connectivity index (χ4n) is 2.99. The first-order valence-corrected chi connectivity index (χ1v) is 8.01. The van der Waals surface area contributed by atoms with Gasteiger partial charge in [-0.25, -0.2) is 9.18 Å². The molecule has 0 aliphatic carbocycles. The zero-order valence-corrected chi connectivity index (χ0v) is 14.4. The number of methoxy groups -OCH3 is 1. The zero-order chi connectivity index (χ0) is 20.5. The van der Waals surface area contributed by atoms with Gasteiger partial charge < -0.3 is 15.0 Å². The van der Waals surface area contributed by atoms with Crippen LogP contribution in [0.3, 0.4) is 0 Å². The summed E-state index contributed by atoms with van der Waals surface area (Å²) in [4.78, 5) is 27.6. The summed E-state index contributed by atoms with van der Waals surface area (Å²) in [6.07, 6.45) is -4.32. The van der Waals surface area contributed by atoms with Crippen molar-refractivity contribution in [2.45, 2.75) is 11.7 Å². The summed E-state index contributed by atoms with van der Waals surface area (Å²) in [5.74, 6) is -4.19. The molecule has 1 aromatic heterocycles. The topological polar surface area (TPSA) is 71.2 Å². The van der Waals surface area contributed by atoms with Crippen molar-refractivity contribution < 1.29 is 31.9 Å². The van der Waals surface area contributed by atoms with Crippen LogP contribution in [0, 0.1) is 5.82 Å². The van der Waals surface area contributed by atoms with Gasteiger partial charge in [0.25, 0.3) is 11.4 Å². The van der Waals surface area contributed by atoms with Gasteiger partial charge in [-0.2, -0.15) is 13.2 Å². The maximum Gasteiger partial charge on any atom is 0.426 e. The number of halogens is 4. The molecule has 2 aromatic carbocycles. The number of aromatic amines is 1. The molecule has 0 saturated carbocycles. The van der Waals surface area contributed by atoms with Gasteiger partial charge in [0.15, 0.2) is 0 Å². The number of carbonyl (C=O) groups excluding carboxylic acids is 2. The van der Waals surface area contributed by atoms with E-state index in [-0.39, 0.29) is 5.39 Å². The standard InChI is InChI=1S/C19H14F4N2O3/c1-28-17(27)18(19(21,22)23,13-10-24-15-9-5-3-6-11(13)15)25-16(26)12-7-2-4-8-14(12)20/h2-10,24H,1H3,(H,25,26). The molecule has 1 atom stereocenters. The SMILES string of the molecule is COC(=O)C(NC(=O)c1ccccc1F)(c1c[nH]c2ccccc12)C(F)(F)F. The van der Waals surface area contributed by atoms with Gasteiger partial charge in [-0.1, -0.05) is 30.3 Å². The number of para-hydroxylation sites is 1. The van der Waals surface area contributed by atoms with Gasteiger partial charge in [-0.05, 0) is 18.2 Å². The second kappa shape index (κ2) is 6.99. The number of fused-ring (bicyclic) bond motifs is 1. The number of hydrogen-bond donors (Lipinski definition) is 2. The molecule has 1 unspecified atom stereocenters. The zero-order valence-electron chi connectivity index (χ0n) is 14.4. The van der Waals surface area contributed by atoms with Crippen molar-refractivity contribution in [2.24, 2.45) is 0 Å². The number of hydrogen-bond acceptors (Lipinski definition) is 3. The van der Waals surface area contributed by atoms with E-state index in [0.717, 1.165) is 25.4 Å². The highest BCUT2D eigenvalue weighted by Crippen LogP contribution is 2.43. The summed E-state index contributed by atoms with van der Waals surface area (Å²) >= 11 is 0. The minimum Gasteiger partial charge on any atom is -0.467 e. The van der Waals surface area contributed by atoms with Crippen LogP contribution in [0.1, 0.15) is 15.9 Å². The Morgan fingerprint density at radius 2 is 1.68 bits per heavy atom. The average molecular weight is 394 g/mol. The van der Waals surface area contributed by atoms with Crippen LogP contribution in [0.15, 0.2) is 54.7 Å². The number of amides is 1. The van der Waals surface area contributed by atoms with E-state index < -0.39 is 40.5 Å². The maximum atomic E-state index is 14.3. The second-order valence-electron chi connectivity index (χ2n) is 5.92. The minimum absolute atomic E-state index is 0.0547. The van der Waals surface area contributed by atoms with Crippen molar-refractivity contribution in [3.63, 3.8) is 0 Å². The molecule has 0 aliphatic heterocycles. The predicted octanol–water partition coefficient (Wildman–Crippen LogP) is 3.67. The lowest BCUT2D eigenvalue weighted by atomic mass is 9.88. The fourth-order valence-corrected chi connectivity index (χ4v) is 2.99. The van der Waals surface area contributed by atoms with Crippen LogP contribution in [0.5, 0.6) is 0 Å². The van der Waals surface area contributed by atoms with E-state index in [4.69, 9.17) is 0 Å². The number of benzene rings is 2.